The quantitative estimate of drug-likeness (QED) is 0.814. The molecule has 0 aliphatic carbocycles. The molecule has 1 heterocycles. The van der Waals surface area contributed by atoms with Gasteiger partial charge in [0.1, 0.15) is 5.75 Å². The van der Waals surface area contributed by atoms with Crippen molar-refractivity contribution < 1.29 is 9.53 Å². The van der Waals surface area contributed by atoms with Gasteiger partial charge in [-0.15, -0.1) is 0 Å². The van der Waals surface area contributed by atoms with Crippen molar-refractivity contribution in [2.75, 3.05) is 26.2 Å². The number of hydrogen-bond acceptors (Lipinski definition) is 3. The molecule has 1 aromatic carbocycles. The van der Waals surface area contributed by atoms with Crippen LogP contribution in [0.1, 0.15) is 43.5 Å². The number of carbonyl (C=O) groups is 1. The van der Waals surface area contributed by atoms with Crippen molar-refractivity contribution in [1.82, 2.24) is 10.6 Å². The molecule has 1 fully saturated rings. The maximum atomic E-state index is 12.1. The highest BCUT2D eigenvalue weighted by atomic mass is 16.5. The van der Waals surface area contributed by atoms with Gasteiger partial charge >= 0.3 is 0 Å². The average molecular weight is 304 g/mol. The van der Waals surface area contributed by atoms with Crippen LogP contribution in [-0.4, -0.2) is 32.1 Å². The normalized spacial score (nSPS) is 18.2. The molecule has 4 nitrogen and oxygen atoms in total. The van der Waals surface area contributed by atoms with Gasteiger partial charge in [0.25, 0.3) is 5.91 Å². The van der Waals surface area contributed by atoms with Crippen molar-refractivity contribution in [2.45, 2.75) is 33.1 Å². The minimum absolute atomic E-state index is 0.000645. The number of benzene rings is 1. The number of rotatable bonds is 7. The second-order valence-electron chi connectivity index (χ2n) is 6.48. The first kappa shape index (κ1) is 16.8. The Labute approximate surface area is 133 Å². The molecule has 1 atom stereocenters. The number of ether oxygens (including phenoxy) is 1. The smallest absolute Gasteiger partial charge is 0.251 e. The van der Waals surface area contributed by atoms with Gasteiger partial charge in [0.05, 0.1) is 6.61 Å². The van der Waals surface area contributed by atoms with Crippen molar-refractivity contribution in [2.24, 2.45) is 11.8 Å². The van der Waals surface area contributed by atoms with Crippen LogP contribution >= 0.6 is 0 Å². The first-order valence-corrected chi connectivity index (χ1v) is 8.37. The zero-order chi connectivity index (χ0) is 15.8. The van der Waals surface area contributed by atoms with Crippen LogP contribution in [0.25, 0.3) is 0 Å². The van der Waals surface area contributed by atoms with Crippen LogP contribution in [0.15, 0.2) is 24.3 Å². The molecule has 0 bridgehead atoms. The van der Waals surface area contributed by atoms with E-state index in [2.05, 4.69) is 24.5 Å². The molecule has 0 radical (unpaired) electrons. The lowest BCUT2D eigenvalue weighted by Crippen LogP contribution is -2.38. The molecule has 0 aromatic heterocycles. The Morgan fingerprint density at radius 3 is 2.77 bits per heavy atom. The molecule has 0 saturated carbocycles. The van der Waals surface area contributed by atoms with E-state index >= 15 is 0 Å². The molecule has 0 spiro atoms. The molecular formula is C18H28N2O2. The van der Waals surface area contributed by atoms with E-state index in [0.717, 1.165) is 38.4 Å². The molecule has 1 aromatic rings. The maximum Gasteiger partial charge on any atom is 0.251 e. The van der Waals surface area contributed by atoms with Gasteiger partial charge in [0.2, 0.25) is 0 Å². The second kappa shape index (κ2) is 8.79. The lowest BCUT2D eigenvalue weighted by Gasteiger charge is -2.22. The lowest BCUT2D eigenvalue weighted by molar-refractivity contribution is 0.0945. The van der Waals surface area contributed by atoms with Gasteiger partial charge in [-0.25, -0.2) is 0 Å². The van der Waals surface area contributed by atoms with Crippen molar-refractivity contribution in [3.8, 4) is 5.75 Å². The zero-order valence-electron chi connectivity index (χ0n) is 13.7. The van der Waals surface area contributed by atoms with E-state index in [0.29, 0.717) is 17.4 Å². The van der Waals surface area contributed by atoms with E-state index in [-0.39, 0.29) is 5.91 Å². The van der Waals surface area contributed by atoms with Gasteiger partial charge in [0.15, 0.2) is 0 Å². The molecule has 1 aliphatic heterocycles. The number of amides is 1. The third-order valence-electron chi connectivity index (χ3n) is 4.03. The third-order valence-corrected chi connectivity index (χ3v) is 4.03. The number of nitrogens with one attached hydrogen (secondary N) is 2. The highest BCUT2D eigenvalue weighted by Gasteiger charge is 2.14. The number of hydrogen-bond donors (Lipinski definition) is 2. The highest BCUT2D eigenvalue weighted by molar-refractivity contribution is 5.94. The van der Waals surface area contributed by atoms with Gasteiger partial charge in [-0.05, 0) is 68.5 Å². The van der Waals surface area contributed by atoms with Crippen molar-refractivity contribution in [3.63, 3.8) is 0 Å². The van der Waals surface area contributed by atoms with E-state index in [1.54, 1.807) is 0 Å². The molecular weight excluding hydrogens is 276 g/mol. The fourth-order valence-electron chi connectivity index (χ4n) is 2.55. The summed E-state index contributed by atoms with van der Waals surface area (Å²) in [7, 11) is 0. The molecule has 122 valence electrons. The summed E-state index contributed by atoms with van der Waals surface area (Å²) in [5, 5.41) is 6.39. The largest absolute Gasteiger partial charge is 0.494 e. The van der Waals surface area contributed by atoms with Crippen LogP contribution in [0.2, 0.25) is 0 Å². The summed E-state index contributed by atoms with van der Waals surface area (Å²) in [6.07, 6.45) is 3.43. The van der Waals surface area contributed by atoms with E-state index < -0.39 is 0 Å². The Morgan fingerprint density at radius 1 is 1.36 bits per heavy atom. The minimum Gasteiger partial charge on any atom is -0.494 e. The van der Waals surface area contributed by atoms with Crippen LogP contribution in [-0.2, 0) is 0 Å². The monoisotopic (exact) mass is 304 g/mol. The maximum absolute atomic E-state index is 12.1. The predicted octanol–water partition coefficient (Wildman–Crippen LogP) is 2.84. The van der Waals surface area contributed by atoms with E-state index in [4.69, 9.17) is 4.74 Å². The Kier molecular flexibility index (Phi) is 6.72. The summed E-state index contributed by atoms with van der Waals surface area (Å²) in [6.45, 7) is 7.93. The highest BCUT2D eigenvalue weighted by Crippen LogP contribution is 2.14. The Balaban J connectivity index is 1.75. The second-order valence-corrected chi connectivity index (χ2v) is 6.48. The molecule has 4 heteroatoms. The Morgan fingerprint density at radius 2 is 2.14 bits per heavy atom. The van der Waals surface area contributed by atoms with Gasteiger partial charge < -0.3 is 15.4 Å². The summed E-state index contributed by atoms with van der Waals surface area (Å²) >= 11 is 0. The summed E-state index contributed by atoms with van der Waals surface area (Å²) < 4.78 is 5.67. The minimum atomic E-state index is -0.000645. The number of piperidine rings is 1. The van der Waals surface area contributed by atoms with Crippen LogP contribution < -0.4 is 15.4 Å². The summed E-state index contributed by atoms with van der Waals surface area (Å²) in [5.41, 5.74) is 0.694. The Bertz CT molecular complexity index is 451. The van der Waals surface area contributed by atoms with Gasteiger partial charge in [-0.1, -0.05) is 13.8 Å². The SMILES string of the molecule is CC(C)CCOc1ccc(C(=O)NCC2CCCNC2)cc1. The Hall–Kier alpha value is -1.55. The molecule has 1 aliphatic rings. The van der Waals surface area contributed by atoms with Crippen LogP contribution in [0.3, 0.4) is 0 Å². The van der Waals surface area contributed by atoms with Crippen LogP contribution in [0.5, 0.6) is 5.75 Å². The van der Waals surface area contributed by atoms with E-state index in [1.807, 2.05) is 24.3 Å². The standard InChI is InChI=1S/C18H28N2O2/c1-14(2)9-11-22-17-7-5-16(6-8-17)18(21)20-13-15-4-3-10-19-12-15/h5-8,14-15,19H,3-4,9-13H2,1-2H3,(H,20,21). The summed E-state index contributed by atoms with van der Waals surface area (Å²) in [6, 6.07) is 7.41. The van der Waals surface area contributed by atoms with Gasteiger partial charge in [-0.3, -0.25) is 4.79 Å². The van der Waals surface area contributed by atoms with Crippen LogP contribution in [0.4, 0.5) is 0 Å². The molecule has 1 saturated heterocycles. The lowest BCUT2D eigenvalue weighted by atomic mass is 10.00. The fraction of sp³-hybridized carbons (Fsp3) is 0.611. The topological polar surface area (TPSA) is 50.4 Å². The zero-order valence-corrected chi connectivity index (χ0v) is 13.7. The molecule has 22 heavy (non-hydrogen) atoms. The van der Waals surface area contributed by atoms with Gasteiger partial charge in [0, 0.05) is 12.1 Å². The summed E-state index contributed by atoms with van der Waals surface area (Å²) in [5.74, 6) is 2.02. The first-order chi connectivity index (χ1) is 10.6. The van der Waals surface area contributed by atoms with E-state index in [9.17, 15) is 4.79 Å². The molecule has 2 rings (SSSR count). The van der Waals surface area contributed by atoms with Crippen molar-refractivity contribution in [3.05, 3.63) is 29.8 Å². The van der Waals surface area contributed by atoms with Crippen molar-refractivity contribution in [1.29, 1.82) is 0 Å². The number of carbonyl (C=O) groups excluding carboxylic acids is 1. The molecule has 1 amide bonds. The molecule has 1 unspecified atom stereocenters. The average Bonchev–Trinajstić information content (AvgIpc) is 2.54. The van der Waals surface area contributed by atoms with Gasteiger partial charge in [-0.2, -0.15) is 0 Å². The first-order valence-electron chi connectivity index (χ1n) is 8.37. The van der Waals surface area contributed by atoms with Crippen LogP contribution in [0, 0.1) is 11.8 Å². The third kappa shape index (κ3) is 5.68. The molecule has 2 N–H and O–H groups in total. The summed E-state index contributed by atoms with van der Waals surface area (Å²) in [4.78, 5) is 12.1. The van der Waals surface area contributed by atoms with E-state index in [1.165, 1.54) is 12.8 Å². The fourth-order valence-corrected chi connectivity index (χ4v) is 2.55. The predicted molar refractivity (Wildman–Crippen MR) is 89.3 cm³/mol. The van der Waals surface area contributed by atoms with Crippen molar-refractivity contribution >= 4 is 5.91 Å².